The molecule has 0 unspecified atom stereocenters. The second-order valence-electron chi connectivity index (χ2n) is 6.31. The molecule has 134 valence electrons. The number of pyridine rings is 1. The predicted octanol–water partition coefficient (Wildman–Crippen LogP) is 3.72. The first-order valence-corrected chi connectivity index (χ1v) is 10.2. The van der Waals surface area contributed by atoms with Gasteiger partial charge in [0.1, 0.15) is 5.15 Å². The second-order valence-corrected chi connectivity index (χ2v) is 7.55. The van der Waals surface area contributed by atoms with Gasteiger partial charge in [0.05, 0.1) is 5.52 Å². The summed E-state index contributed by atoms with van der Waals surface area (Å²) in [5.41, 5.74) is 2.04. The van der Waals surface area contributed by atoms with Gasteiger partial charge in [0.2, 0.25) is 5.95 Å². The van der Waals surface area contributed by atoms with Gasteiger partial charge in [-0.15, -0.1) is 11.8 Å². The van der Waals surface area contributed by atoms with Gasteiger partial charge in [-0.1, -0.05) is 17.7 Å². The third-order valence-corrected chi connectivity index (χ3v) is 5.70. The standard InChI is InChI=1S/C19H20ClN5S/c1-26-16-4-3-14-11-15(18(20)23-17(14)12-16)13-24-7-9-25(10-8-24)19-21-5-2-6-22-19/h2-6,11-12H,7-10,13H2,1H3. The number of halogens is 1. The lowest BCUT2D eigenvalue weighted by Gasteiger charge is -2.34. The van der Waals surface area contributed by atoms with Gasteiger partial charge in [-0.05, 0) is 30.5 Å². The monoisotopic (exact) mass is 385 g/mol. The Bertz CT molecular complexity index is 897. The molecule has 0 N–H and O–H groups in total. The van der Waals surface area contributed by atoms with Crippen molar-refractivity contribution in [2.75, 3.05) is 37.3 Å². The van der Waals surface area contributed by atoms with Crippen molar-refractivity contribution in [3.8, 4) is 0 Å². The number of rotatable bonds is 4. The van der Waals surface area contributed by atoms with Crippen LogP contribution in [-0.2, 0) is 6.54 Å². The third-order valence-electron chi connectivity index (χ3n) is 4.65. The van der Waals surface area contributed by atoms with Gasteiger partial charge in [0.15, 0.2) is 0 Å². The topological polar surface area (TPSA) is 45.2 Å². The van der Waals surface area contributed by atoms with Gasteiger partial charge in [0, 0.05) is 61.0 Å². The fourth-order valence-electron chi connectivity index (χ4n) is 3.21. The first-order valence-electron chi connectivity index (χ1n) is 8.60. The van der Waals surface area contributed by atoms with Gasteiger partial charge in [-0.25, -0.2) is 15.0 Å². The number of benzene rings is 1. The molecule has 0 radical (unpaired) electrons. The van der Waals surface area contributed by atoms with Crippen LogP contribution in [0.2, 0.25) is 5.15 Å². The molecule has 4 rings (SSSR count). The number of hydrogen-bond acceptors (Lipinski definition) is 6. The molecule has 0 bridgehead atoms. The zero-order chi connectivity index (χ0) is 17.9. The molecule has 1 aromatic carbocycles. The van der Waals surface area contributed by atoms with Gasteiger partial charge in [-0.2, -0.15) is 0 Å². The van der Waals surface area contributed by atoms with Crippen LogP contribution in [0.25, 0.3) is 10.9 Å². The van der Waals surface area contributed by atoms with Crippen LogP contribution in [0.1, 0.15) is 5.56 Å². The molecule has 1 aliphatic rings. The van der Waals surface area contributed by atoms with Gasteiger partial charge < -0.3 is 4.90 Å². The van der Waals surface area contributed by atoms with Crippen LogP contribution in [0.4, 0.5) is 5.95 Å². The Morgan fingerprint density at radius 3 is 2.58 bits per heavy atom. The van der Waals surface area contributed by atoms with E-state index in [9.17, 15) is 0 Å². The SMILES string of the molecule is CSc1ccc2cc(CN3CCN(c4ncccn4)CC3)c(Cl)nc2c1. The minimum atomic E-state index is 0.601. The molecule has 7 heteroatoms. The Balaban J connectivity index is 1.45. The summed E-state index contributed by atoms with van der Waals surface area (Å²) < 4.78 is 0. The first-order chi connectivity index (χ1) is 12.7. The van der Waals surface area contributed by atoms with Crippen LogP contribution in [0.5, 0.6) is 0 Å². The van der Waals surface area contributed by atoms with E-state index in [2.05, 4.69) is 55.3 Å². The highest BCUT2D eigenvalue weighted by Gasteiger charge is 2.20. The summed E-state index contributed by atoms with van der Waals surface area (Å²) in [5.74, 6) is 0.808. The minimum absolute atomic E-state index is 0.601. The lowest BCUT2D eigenvalue weighted by Crippen LogP contribution is -2.46. The Morgan fingerprint density at radius 1 is 1.08 bits per heavy atom. The predicted molar refractivity (Wildman–Crippen MR) is 108 cm³/mol. The summed E-state index contributed by atoms with van der Waals surface area (Å²) in [6, 6.07) is 10.4. The van der Waals surface area contributed by atoms with E-state index in [1.807, 2.05) is 6.07 Å². The maximum atomic E-state index is 6.47. The van der Waals surface area contributed by atoms with Gasteiger partial charge >= 0.3 is 0 Å². The Hall–Kier alpha value is -1.89. The normalized spacial score (nSPS) is 15.5. The third kappa shape index (κ3) is 3.77. The summed E-state index contributed by atoms with van der Waals surface area (Å²) in [6.45, 7) is 4.56. The zero-order valence-corrected chi connectivity index (χ0v) is 16.2. The molecular weight excluding hydrogens is 366 g/mol. The molecule has 0 atom stereocenters. The molecule has 0 saturated carbocycles. The molecule has 1 aliphatic heterocycles. The van der Waals surface area contributed by atoms with Gasteiger partial charge in [-0.3, -0.25) is 4.90 Å². The molecule has 0 amide bonds. The van der Waals surface area contributed by atoms with Crippen LogP contribution >= 0.6 is 23.4 Å². The molecule has 0 aliphatic carbocycles. The molecule has 26 heavy (non-hydrogen) atoms. The number of nitrogens with zero attached hydrogens (tertiary/aromatic N) is 5. The quantitative estimate of drug-likeness (QED) is 0.503. The van der Waals surface area contributed by atoms with Crippen molar-refractivity contribution in [1.82, 2.24) is 19.9 Å². The Morgan fingerprint density at radius 2 is 1.85 bits per heavy atom. The Kier molecular flexibility index (Phi) is 5.24. The Labute approximate surface area is 162 Å². The molecular formula is C19H20ClN5S. The highest BCUT2D eigenvalue weighted by molar-refractivity contribution is 7.98. The van der Waals surface area contributed by atoms with Gasteiger partial charge in [0.25, 0.3) is 0 Å². The zero-order valence-electron chi connectivity index (χ0n) is 14.6. The van der Waals surface area contributed by atoms with E-state index < -0.39 is 0 Å². The average Bonchev–Trinajstić information content (AvgIpc) is 2.69. The smallest absolute Gasteiger partial charge is 0.225 e. The fourth-order valence-corrected chi connectivity index (χ4v) is 3.85. The largest absolute Gasteiger partial charge is 0.338 e. The van der Waals surface area contributed by atoms with Crippen LogP contribution in [0, 0.1) is 0 Å². The number of anilines is 1. The summed E-state index contributed by atoms with van der Waals surface area (Å²) >= 11 is 8.18. The van der Waals surface area contributed by atoms with Crippen molar-refractivity contribution in [3.05, 3.63) is 53.4 Å². The maximum absolute atomic E-state index is 6.47. The van der Waals surface area contributed by atoms with E-state index in [1.165, 1.54) is 4.90 Å². The number of hydrogen-bond donors (Lipinski definition) is 0. The molecule has 5 nitrogen and oxygen atoms in total. The number of aromatic nitrogens is 3. The summed E-state index contributed by atoms with van der Waals surface area (Å²) in [7, 11) is 0. The molecule has 1 fully saturated rings. The van der Waals surface area contributed by atoms with Crippen molar-refractivity contribution in [2.24, 2.45) is 0 Å². The lowest BCUT2D eigenvalue weighted by atomic mass is 10.1. The number of fused-ring (bicyclic) bond motifs is 1. The van der Waals surface area contributed by atoms with E-state index in [0.29, 0.717) is 5.15 Å². The minimum Gasteiger partial charge on any atom is -0.338 e. The van der Waals surface area contributed by atoms with E-state index in [-0.39, 0.29) is 0 Å². The lowest BCUT2D eigenvalue weighted by molar-refractivity contribution is 0.248. The summed E-state index contributed by atoms with van der Waals surface area (Å²) in [6.07, 6.45) is 5.65. The van der Waals surface area contributed by atoms with E-state index >= 15 is 0 Å². The number of thioether (sulfide) groups is 1. The average molecular weight is 386 g/mol. The van der Waals surface area contributed by atoms with Crippen molar-refractivity contribution >= 4 is 40.2 Å². The highest BCUT2D eigenvalue weighted by Crippen LogP contribution is 2.26. The van der Waals surface area contributed by atoms with E-state index in [1.54, 1.807) is 24.2 Å². The first kappa shape index (κ1) is 17.5. The second kappa shape index (κ2) is 7.78. The van der Waals surface area contributed by atoms with Crippen LogP contribution < -0.4 is 4.90 Å². The number of piperazine rings is 1. The summed E-state index contributed by atoms with van der Waals surface area (Å²) in [5, 5.41) is 1.74. The van der Waals surface area contributed by atoms with Crippen LogP contribution in [-0.4, -0.2) is 52.3 Å². The highest BCUT2D eigenvalue weighted by atomic mass is 35.5. The van der Waals surface area contributed by atoms with Crippen molar-refractivity contribution in [3.63, 3.8) is 0 Å². The molecule has 0 spiro atoms. The maximum Gasteiger partial charge on any atom is 0.225 e. The van der Waals surface area contributed by atoms with E-state index in [0.717, 1.165) is 55.1 Å². The van der Waals surface area contributed by atoms with Crippen LogP contribution in [0.3, 0.4) is 0 Å². The summed E-state index contributed by atoms with van der Waals surface area (Å²) in [4.78, 5) is 19.1. The molecule has 1 saturated heterocycles. The van der Waals surface area contributed by atoms with Crippen molar-refractivity contribution in [1.29, 1.82) is 0 Å². The molecule has 3 heterocycles. The van der Waals surface area contributed by atoms with Crippen molar-refractivity contribution < 1.29 is 0 Å². The fraction of sp³-hybridized carbons (Fsp3) is 0.316. The molecule has 2 aromatic heterocycles. The molecule has 3 aromatic rings. The van der Waals surface area contributed by atoms with Crippen LogP contribution in [0.15, 0.2) is 47.6 Å². The van der Waals surface area contributed by atoms with E-state index in [4.69, 9.17) is 11.6 Å². The van der Waals surface area contributed by atoms with Crippen molar-refractivity contribution in [2.45, 2.75) is 11.4 Å².